The van der Waals surface area contributed by atoms with Gasteiger partial charge in [0.2, 0.25) is 0 Å². The first kappa shape index (κ1) is 16.6. The fraction of sp³-hybridized carbons (Fsp3) is 0.0667. The quantitative estimate of drug-likeness (QED) is 0.820. The average Bonchev–Trinajstić information content (AvgIpc) is 2.48. The summed E-state index contributed by atoms with van der Waals surface area (Å²) < 4.78 is 40.0. The molecule has 0 saturated heterocycles. The molecule has 0 aromatic heterocycles. The summed E-state index contributed by atoms with van der Waals surface area (Å²) in [4.78, 5) is 0. The minimum Gasteiger partial charge on any atom is -0.406 e. The summed E-state index contributed by atoms with van der Waals surface area (Å²) in [5.41, 5.74) is 1.60. The molecule has 2 aromatic rings. The number of nitrogens with zero attached hydrogens (tertiary/aromatic N) is 1. The minimum atomic E-state index is -4.72. The minimum absolute atomic E-state index is 0.240. The average molecular weight is 337 g/mol. The standard InChI is InChI=1S/C15H10F3N3OS/c16-15(17,18)22-13-6-4-11(5-7-13)20-14(23)21-12-3-1-2-10(8-12)9-19/h1-8H,(H2,20,21,23). The number of ether oxygens (including phenoxy) is 1. The summed E-state index contributed by atoms with van der Waals surface area (Å²) in [5.74, 6) is -0.316. The molecule has 0 atom stereocenters. The molecule has 118 valence electrons. The van der Waals surface area contributed by atoms with E-state index in [1.54, 1.807) is 24.3 Å². The maximum Gasteiger partial charge on any atom is 0.573 e. The normalized spacial score (nSPS) is 10.5. The Morgan fingerprint density at radius 1 is 1.04 bits per heavy atom. The molecule has 2 rings (SSSR count). The number of thiocarbonyl (C=S) groups is 1. The third kappa shape index (κ3) is 5.48. The number of benzene rings is 2. The Kier molecular flexibility index (Phi) is 5.03. The van der Waals surface area contributed by atoms with Crippen LogP contribution in [-0.4, -0.2) is 11.5 Å². The van der Waals surface area contributed by atoms with Gasteiger partial charge in [0.1, 0.15) is 5.75 Å². The van der Waals surface area contributed by atoms with Crippen LogP contribution in [-0.2, 0) is 0 Å². The van der Waals surface area contributed by atoms with Gasteiger partial charge in [0.05, 0.1) is 11.6 Å². The van der Waals surface area contributed by atoms with E-state index in [0.29, 0.717) is 16.9 Å². The molecule has 0 saturated carbocycles. The van der Waals surface area contributed by atoms with Crippen molar-refractivity contribution in [3.8, 4) is 11.8 Å². The predicted octanol–water partition coefficient (Wildman–Crippen LogP) is 4.27. The second kappa shape index (κ2) is 6.98. The molecule has 0 heterocycles. The lowest BCUT2D eigenvalue weighted by atomic mass is 10.2. The zero-order valence-electron chi connectivity index (χ0n) is 11.5. The van der Waals surface area contributed by atoms with Crippen LogP contribution >= 0.6 is 12.2 Å². The van der Waals surface area contributed by atoms with Crippen molar-refractivity contribution in [3.05, 3.63) is 54.1 Å². The molecule has 23 heavy (non-hydrogen) atoms. The number of rotatable bonds is 3. The van der Waals surface area contributed by atoms with Crippen molar-refractivity contribution in [2.75, 3.05) is 10.6 Å². The van der Waals surface area contributed by atoms with Crippen molar-refractivity contribution in [1.29, 1.82) is 5.26 Å². The summed E-state index contributed by atoms with van der Waals surface area (Å²) in [7, 11) is 0. The van der Waals surface area contributed by atoms with Gasteiger partial charge in [0, 0.05) is 11.4 Å². The van der Waals surface area contributed by atoms with Gasteiger partial charge in [-0.2, -0.15) is 5.26 Å². The van der Waals surface area contributed by atoms with Gasteiger partial charge in [0.15, 0.2) is 5.11 Å². The fourth-order valence-electron chi connectivity index (χ4n) is 1.70. The number of halogens is 3. The molecule has 0 unspecified atom stereocenters. The molecule has 0 aliphatic rings. The summed E-state index contributed by atoms with van der Waals surface area (Å²) in [6, 6.07) is 13.9. The van der Waals surface area contributed by atoms with Crippen LogP contribution in [0.5, 0.6) is 5.75 Å². The second-order valence-corrected chi connectivity index (χ2v) is 4.75. The predicted molar refractivity (Wildman–Crippen MR) is 84.1 cm³/mol. The van der Waals surface area contributed by atoms with Crippen LogP contribution in [0.25, 0.3) is 0 Å². The van der Waals surface area contributed by atoms with Crippen LogP contribution in [0.4, 0.5) is 24.5 Å². The Balaban J connectivity index is 1.96. The van der Waals surface area contributed by atoms with E-state index in [1.165, 1.54) is 24.3 Å². The fourth-order valence-corrected chi connectivity index (χ4v) is 1.94. The van der Waals surface area contributed by atoms with Crippen molar-refractivity contribution in [3.63, 3.8) is 0 Å². The topological polar surface area (TPSA) is 57.1 Å². The van der Waals surface area contributed by atoms with E-state index in [0.717, 1.165) is 0 Å². The Morgan fingerprint density at radius 2 is 1.70 bits per heavy atom. The smallest absolute Gasteiger partial charge is 0.406 e. The van der Waals surface area contributed by atoms with Crippen molar-refractivity contribution < 1.29 is 17.9 Å². The first-order chi connectivity index (χ1) is 10.9. The van der Waals surface area contributed by atoms with E-state index in [-0.39, 0.29) is 10.9 Å². The van der Waals surface area contributed by atoms with Crippen LogP contribution in [0, 0.1) is 11.3 Å². The van der Waals surface area contributed by atoms with Crippen LogP contribution < -0.4 is 15.4 Å². The van der Waals surface area contributed by atoms with Crippen molar-refractivity contribution in [1.82, 2.24) is 0 Å². The first-order valence-electron chi connectivity index (χ1n) is 6.30. The molecule has 4 nitrogen and oxygen atoms in total. The molecule has 0 bridgehead atoms. The summed E-state index contributed by atoms with van der Waals surface area (Å²) >= 11 is 5.10. The molecule has 0 aliphatic carbocycles. The van der Waals surface area contributed by atoms with Gasteiger partial charge in [0.25, 0.3) is 0 Å². The maximum atomic E-state index is 12.1. The van der Waals surface area contributed by atoms with Crippen LogP contribution in [0.15, 0.2) is 48.5 Å². The molecular formula is C15H10F3N3OS. The van der Waals surface area contributed by atoms with E-state index in [4.69, 9.17) is 17.5 Å². The largest absolute Gasteiger partial charge is 0.573 e. The Bertz CT molecular complexity index is 739. The van der Waals surface area contributed by atoms with Gasteiger partial charge >= 0.3 is 6.36 Å². The van der Waals surface area contributed by atoms with Crippen molar-refractivity contribution >= 4 is 28.7 Å². The number of hydrogen-bond donors (Lipinski definition) is 2. The summed E-state index contributed by atoms with van der Waals surface area (Å²) in [6.07, 6.45) is -4.72. The van der Waals surface area contributed by atoms with Gasteiger partial charge in [-0.1, -0.05) is 6.07 Å². The maximum absolute atomic E-state index is 12.1. The van der Waals surface area contributed by atoms with Crippen LogP contribution in [0.2, 0.25) is 0 Å². The molecule has 0 spiro atoms. The number of anilines is 2. The molecule has 0 fully saturated rings. The first-order valence-corrected chi connectivity index (χ1v) is 6.70. The van der Waals surface area contributed by atoms with Gasteiger partial charge in [-0.15, -0.1) is 13.2 Å². The number of hydrogen-bond acceptors (Lipinski definition) is 3. The van der Waals surface area contributed by atoms with Crippen LogP contribution in [0.1, 0.15) is 5.56 Å². The SMILES string of the molecule is N#Cc1cccc(NC(=S)Nc2ccc(OC(F)(F)F)cc2)c1. The van der Waals surface area contributed by atoms with Crippen molar-refractivity contribution in [2.45, 2.75) is 6.36 Å². The highest BCUT2D eigenvalue weighted by Crippen LogP contribution is 2.24. The molecule has 0 radical (unpaired) electrons. The van der Waals surface area contributed by atoms with E-state index in [1.807, 2.05) is 6.07 Å². The number of nitrogens with one attached hydrogen (secondary N) is 2. The van der Waals surface area contributed by atoms with Crippen LogP contribution in [0.3, 0.4) is 0 Å². The zero-order chi connectivity index (χ0) is 16.9. The lowest BCUT2D eigenvalue weighted by molar-refractivity contribution is -0.274. The zero-order valence-corrected chi connectivity index (χ0v) is 12.3. The summed E-state index contributed by atoms with van der Waals surface area (Å²) in [5, 5.41) is 14.8. The Labute approximate surface area is 135 Å². The van der Waals surface area contributed by atoms with Gasteiger partial charge in [-0.05, 0) is 54.7 Å². The molecule has 8 heteroatoms. The van der Waals surface area contributed by atoms with Gasteiger partial charge < -0.3 is 15.4 Å². The molecule has 0 aliphatic heterocycles. The van der Waals surface area contributed by atoms with E-state index >= 15 is 0 Å². The van der Waals surface area contributed by atoms with Gasteiger partial charge in [-0.3, -0.25) is 0 Å². The van der Waals surface area contributed by atoms with E-state index in [2.05, 4.69) is 15.4 Å². The highest BCUT2D eigenvalue weighted by Gasteiger charge is 2.30. The monoisotopic (exact) mass is 337 g/mol. The molecule has 0 amide bonds. The Hall–Kier alpha value is -2.79. The highest BCUT2D eigenvalue weighted by molar-refractivity contribution is 7.80. The van der Waals surface area contributed by atoms with Gasteiger partial charge in [-0.25, -0.2) is 0 Å². The lowest BCUT2D eigenvalue weighted by Crippen LogP contribution is -2.19. The molecule has 2 N–H and O–H groups in total. The lowest BCUT2D eigenvalue weighted by Gasteiger charge is -2.12. The summed E-state index contributed by atoms with van der Waals surface area (Å²) in [6.45, 7) is 0. The Morgan fingerprint density at radius 3 is 2.30 bits per heavy atom. The van der Waals surface area contributed by atoms with E-state index < -0.39 is 6.36 Å². The molecule has 2 aromatic carbocycles. The third-order valence-corrected chi connectivity index (χ3v) is 2.80. The molecular weight excluding hydrogens is 327 g/mol. The second-order valence-electron chi connectivity index (χ2n) is 4.34. The number of alkyl halides is 3. The third-order valence-electron chi connectivity index (χ3n) is 2.60. The van der Waals surface area contributed by atoms with Crippen molar-refractivity contribution in [2.24, 2.45) is 0 Å². The highest BCUT2D eigenvalue weighted by atomic mass is 32.1. The van der Waals surface area contributed by atoms with E-state index in [9.17, 15) is 13.2 Å². The number of nitriles is 1.